The molecule has 0 fully saturated rings. The van der Waals surface area contributed by atoms with Gasteiger partial charge in [0.1, 0.15) is 0 Å². The van der Waals surface area contributed by atoms with Crippen LogP contribution in [-0.2, 0) is 11.3 Å². The quantitative estimate of drug-likeness (QED) is 0.841. The van der Waals surface area contributed by atoms with Gasteiger partial charge >= 0.3 is 0 Å². The molecule has 0 radical (unpaired) electrons. The molecule has 0 aromatic heterocycles. The van der Waals surface area contributed by atoms with Crippen molar-refractivity contribution >= 4 is 5.91 Å². The first kappa shape index (κ1) is 14.7. The maximum Gasteiger partial charge on any atom is 0.222 e. The maximum absolute atomic E-state index is 11.6. The highest BCUT2D eigenvalue weighted by molar-refractivity contribution is 5.77. The van der Waals surface area contributed by atoms with Crippen LogP contribution in [0.1, 0.15) is 51.2 Å². The lowest BCUT2D eigenvalue weighted by Gasteiger charge is -2.17. The Balaban J connectivity index is 2.46. The standard InChI is InChI=1S/C15H24N2O/c1-11(2)13-7-5-12(6-8-13)10-17-14(18)9-15(3,4)16/h5-8,11H,9-10,16H2,1-4H3,(H,17,18). The van der Waals surface area contributed by atoms with Crippen LogP contribution in [0.15, 0.2) is 24.3 Å². The average molecular weight is 248 g/mol. The van der Waals surface area contributed by atoms with Crippen LogP contribution in [0.2, 0.25) is 0 Å². The molecule has 3 heteroatoms. The van der Waals surface area contributed by atoms with Gasteiger partial charge in [-0.25, -0.2) is 0 Å². The third-order valence-electron chi connectivity index (χ3n) is 2.75. The molecule has 0 atom stereocenters. The molecule has 0 aliphatic heterocycles. The van der Waals surface area contributed by atoms with Gasteiger partial charge in [0.25, 0.3) is 0 Å². The summed E-state index contributed by atoms with van der Waals surface area (Å²) in [6.45, 7) is 8.60. The van der Waals surface area contributed by atoms with Crippen LogP contribution >= 0.6 is 0 Å². The van der Waals surface area contributed by atoms with E-state index in [2.05, 4.69) is 43.4 Å². The van der Waals surface area contributed by atoms with Crippen molar-refractivity contribution in [1.29, 1.82) is 0 Å². The fourth-order valence-electron chi connectivity index (χ4n) is 1.70. The van der Waals surface area contributed by atoms with E-state index >= 15 is 0 Å². The van der Waals surface area contributed by atoms with Crippen molar-refractivity contribution in [3.05, 3.63) is 35.4 Å². The van der Waals surface area contributed by atoms with E-state index in [0.717, 1.165) is 5.56 Å². The molecule has 3 nitrogen and oxygen atoms in total. The highest BCUT2D eigenvalue weighted by atomic mass is 16.1. The zero-order valence-electron chi connectivity index (χ0n) is 11.8. The summed E-state index contributed by atoms with van der Waals surface area (Å²) in [4.78, 5) is 11.6. The fourth-order valence-corrected chi connectivity index (χ4v) is 1.70. The highest BCUT2D eigenvalue weighted by Gasteiger charge is 2.15. The second-order valence-electron chi connectivity index (χ2n) is 5.84. The van der Waals surface area contributed by atoms with E-state index in [0.29, 0.717) is 18.9 Å². The second kappa shape index (κ2) is 6.01. The first-order valence-corrected chi connectivity index (χ1v) is 6.42. The van der Waals surface area contributed by atoms with Crippen molar-refractivity contribution < 1.29 is 4.79 Å². The monoisotopic (exact) mass is 248 g/mol. The van der Waals surface area contributed by atoms with Crippen LogP contribution < -0.4 is 11.1 Å². The van der Waals surface area contributed by atoms with Gasteiger partial charge in [-0.2, -0.15) is 0 Å². The number of carbonyl (C=O) groups excluding carboxylic acids is 1. The minimum atomic E-state index is -0.453. The lowest BCUT2D eigenvalue weighted by atomic mass is 10.0. The SMILES string of the molecule is CC(C)c1ccc(CNC(=O)CC(C)(C)N)cc1. The Bertz CT molecular complexity index is 388. The molecule has 1 aromatic rings. The second-order valence-corrected chi connectivity index (χ2v) is 5.84. The summed E-state index contributed by atoms with van der Waals surface area (Å²) < 4.78 is 0. The molecule has 0 bridgehead atoms. The minimum absolute atomic E-state index is 0.00423. The largest absolute Gasteiger partial charge is 0.352 e. The molecule has 0 saturated carbocycles. The van der Waals surface area contributed by atoms with Gasteiger partial charge in [0.05, 0.1) is 0 Å². The molecule has 0 spiro atoms. The summed E-state index contributed by atoms with van der Waals surface area (Å²) in [7, 11) is 0. The molecule has 0 saturated heterocycles. The van der Waals surface area contributed by atoms with Gasteiger partial charge in [-0.1, -0.05) is 38.1 Å². The minimum Gasteiger partial charge on any atom is -0.352 e. The number of benzene rings is 1. The van der Waals surface area contributed by atoms with Gasteiger partial charge in [-0.05, 0) is 30.9 Å². The molecule has 1 amide bonds. The van der Waals surface area contributed by atoms with Crippen molar-refractivity contribution in [2.45, 2.75) is 52.1 Å². The lowest BCUT2D eigenvalue weighted by Crippen LogP contribution is -2.38. The topological polar surface area (TPSA) is 55.1 Å². The van der Waals surface area contributed by atoms with Crippen molar-refractivity contribution in [1.82, 2.24) is 5.32 Å². The van der Waals surface area contributed by atoms with Crippen LogP contribution in [0.4, 0.5) is 0 Å². The smallest absolute Gasteiger partial charge is 0.222 e. The predicted octanol–water partition coefficient (Wildman–Crippen LogP) is 2.55. The van der Waals surface area contributed by atoms with Crippen molar-refractivity contribution in [2.75, 3.05) is 0 Å². The summed E-state index contributed by atoms with van der Waals surface area (Å²) in [6.07, 6.45) is 0.344. The molecular formula is C15H24N2O. The van der Waals surface area contributed by atoms with Gasteiger partial charge in [0, 0.05) is 18.5 Å². The number of rotatable bonds is 5. The first-order valence-electron chi connectivity index (χ1n) is 6.42. The third kappa shape index (κ3) is 5.32. The van der Waals surface area contributed by atoms with E-state index in [1.54, 1.807) is 0 Å². The van der Waals surface area contributed by atoms with Crippen molar-refractivity contribution in [3.8, 4) is 0 Å². The summed E-state index contributed by atoms with van der Waals surface area (Å²) >= 11 is 0. The van der Waals surface area contributed by atoms with Gasteiger partial charge in [-0.3, -0.25) is 4.79 Å². The average Bonchev–Trinajstić information content (AvgIpc) is 2.24. The first-order chi connectivity index (χ1) is 8.28. The maximum atomic E-state index is 11.6. The Morgan fingerprint density at radius 2 is 1.83 bits per heavy atom. The summed E-state index contributed by atoms with van der Waals surface area (Å²) in [5, 5.41) is 2.89. The van der Waals surface area contributed by atoms with Crippen LogP contribution in [-0.4, -0.2) is 11.4 Å². The van der Waals surface area contributed by atoms with Crippen LogP contribution in [0.3, 0.4) is 0 Å². The molecule has 0 aliphatic rings. The Kier molecular flexibility index (Phi) is 4.91. The number of hydrogen-bond acceptors (Lipinski definition) is 2. The molecule has 0 aliphatic carbocycles. The lowest BCUT2D eigenvalue weighted by molar-refractivity contribution is -0.122. The Morgan fingerprint density at radius 3 is 2.28 bits per heavy atom. The molecule has 18 heavy (non-hydrogen) atoms. The third-order valence-corrected chi connectivity index (χ3v) is 2.75. The normalized spacial score (nSPS) is 11.7. The number of hydrogen-bond donors (Lipinski definition) is 2. The number of amides is 1. The Labute approximate surface area is 110 Å². The molecule has 100 valence electrons. The van der Waals surface area contributed by atoms with Gasteiger partial charge in [-0.15, -0.1) is 0 Å². The van der Waals surface area contributed by atoms with E-state index in [9.17, 15) is 4.79 Å². The van der Waals surface area contributed by atoms with Crippen LogP contribution in [0.25, 0.3) is 0 Å². The van der Waals surface area contributed by atoms with Gasteiger partial charge in [0.15, 0.2) is 0 Å². The fraction of sp³-hybridized carbons (Fsp3) is 0.533. The van der Waals surface area contributed by atoms with Gasteiger partial charge in [0.2, 0.25) is 5.91 Å². The number of nitrogens with one attached hydrogen (secondary N) is 1. The van der Waals surface area contributed by atoms with E-state index in [1.807, 2.05) is 13.8 Å². The Morgan fingerprint density at radius 1 is 1.28 bits per heavy atom. The molecule has 0 unspecified atom stereocenters. The van der Waals surface area contributed by atoms with Gasteiger partial charge < -0.3 is 11.1 Å². The number of nitrogens with two attached hydrogens (primary N) is 1. The zero-order chi connectivity index (χ0) is 13.8. The molecule has 1 rings (SSSR count). The predicted molar refractivity (Wildman–Crippen MR) is 75.3 cm³/mol. The summed E-state index contributed by atoms with van der Waals surface area (Å²) in [6, 6.07) is 8.34. The van der Waals surface area contributed by atoms with E-state index < -0.39 is 5.54 Å². The number of carbonyl (C=O) groups is 1. The van der Waals surface area contributed by atoms with Crippen LogP contribution in [0.5, 0.6) is 0 Å². The highest BCUT2D eigenvalue weighted by Crippen LogP contribution is 2.14. The summed E-state index contributed by atoms with van der Waals surface area (Å²) in [5.74, 6) is 0.530. The molecule has 0 heterocycles. The molecular weight excluding hydrogens is 224 g/mol. The molecule has 3 N–H and O–H groups in total. The van der Waals surface area contributed by atoms with Crippen LogP contribution in [0, 0.1) is 0 Å². The van der Waals surface area contributed by atoms with E-state index in [4.69, 9.17) is 5.73 Å². The summed E-state index contributed by atoms with van der Waals surface area (Å²) in [5.41, 5.74) is 7.77. The van der Waals surface area contributed by atoms with E-state index in [-0.39, 0.29) is 5.91 Å². The zero-order valence-corrected chi connectivity index (χ0v) is 11.8. The van der Waals surface area contributed by atoms with Crippen molar-refractivity contribution in [2.24, 2.45) is 5.73 Å². The van der Waals surface area contributed by atoms with Crippen molar-refractivity contribution in [3.63, 3.8) is 0 Å². The Hall–Kier alpha value is -1.35. The molecule has 1 aromatic carbocycles. The van der Waals surface area contributed by atoms with E-state index in [1.165, 1.54) is 5.56 Å².